The number of amides is 1. The first kappa shape index (κ1) is 14.8. The van der Waals surface area contributed by atoms with E-state index in [1.165, 1.54) is 5.56 Å². The molecule has 0 unspecified atom stereocenters. The number of carbonyl (C=O) groups is 1. The number of benzene rings is 1. The van der Waals surface area contributed by atoms with E-state index in [-0.39, 0.29) is 11.3 Å². The Bertz CT molecular complexity index is 649. The Morgan fingerprint density at radius 1 is 1.32 bits per heavy atom. The number of hydrogen-bond donors (Lipinski definition) is 1. The number of H-pyrrole nitrogens is 1. The lowest BCUT2D eigenvalue weighted by atomic mass is 9.75. The van der Waals surface area contributed by atoms with Crippen molar-refractivity contribution in [3.63, 3.8) is 0 Å². The minimum Gasteiger partial charge on any atom is -0.346 e. The summed E-state index contributed by atoms with van der Waals surface area (Å²) in [5.74, 6) is 1.22. The van der Waals surface area contributed by atoms with E-state index in [2.05, 4.69) is 41.2 Å². The predicted molar refractivity (Wildman–Crippen MR) is 86.6 cm³/mol. The number of imidazole rings is 1. The largest absolute Gasteiger partial charge is 0.346 e. The van der Waals surface area contributed by atoms with Crippen LogP contribution in [0.1, 0.15) is 36.8 Å². The summed E-state index contributed by atoms with van der Waals surface area (Å²) < 4.78 is 0. The summed E-state index contributed by atoms with van der Waals surface area (Å²) in [6, 6.07) is 10.5. The van der Waals surface area contributed by atoms with E-state index in [1.54, 1.807) is 0 Å². The van der Waals surface area contributed by atoms with E-state index < -0.39 is 0 Å². The van der Waals surface area contributed by atoms with Crippen LogP contribution in [0, 0.1) is 6.92 Å². The molecule has 1 saturated heterocycles. The Hall–Kier alpha value is -2.10. The SMILES string of the molecule is Cc1cnc(CCN2C[C@@](C)(c3ccccc3)CCC2=O)[nH]1. The van der Waals surface area contributed by atoms with Crippen LogP contribution in [0.25, 0.3) is 0 Å². The third-order valence-electron chi connectivity index (χ3n) is 4.63. The molecule has 1 amide bonds. The van der Waals surface area contributed by atoms with E-state index in [0.717, 1.165) is 37.4 Å². The molecule has 1 aliphatic heterocycles. The van der Waals surface area contributed by atoms with Gasteiger partial charge in [0, 0.05) is 43.2 Å². The zero-order valence-electron chi connectivity index (χ0n) is 13.3. The third kappa shape index (κ3) is 3.06. The number of nitrogens with zero attached hydrogens (tertiary/aromatic N) is 2. The molecule has 0 saturated carbocycles. The van der Waals surface area contributed by atoms with Crippen molar-refractivity contribution in [3.05, 3.63) is 53.6 Å². The molecule has 3 rings (SSSR count). The molecule has 1 atom stereocenters. The number of carbonyl (C=O) groups excluding carboxylic acids is 1. The molecule has 1 fully saturated rings. The second kappa shape index (κ2) is 5.95. The fraction of sp³-hybridized carbons (Fsp3) is 0.444. The molecule has 4 nitrogen and oxygen atoms in total. The van der Waals surface area contributed by atoms with Gasteiger partial charge in [-0.3, -0.25) is 4.79 Å². The maximum Gasteiger partial charge on any atom is 0.222 e. The van der Waals surface area contributed by atoms with Crippen molar-refractivity contribution >= 4 is 5.91 Å². The van der Waals surface area contributed by atoms with Crippen molar-refractivity contribution in [2.24, 2.45) is 0 Å². The Morgan fingerprint density at radius 2 is 2.09 bits per heavy atom. The molecule has 22 heavy (non-hydrogen) atoms. The van der Waals surface area contributed by atoms with Gasteiger partial charge in [-0.25, -0.2) is 4.98 Å². The summed E-state index contributed by atoms with van der Waals surface area (Å²) in [4.78, 5) is 21.8. The van der Waals surface area contributed by atoms with Crippen LogP contribution in [-0.4, -0.2) is 33.9 Å². The van der Waals surface area contributed by atoms with Gasteiger partial charge in [-0.1, -0.05) is 37.3 Å². The summed E-state index contributed by atoms with van der Waals surface area (Å²) in [6.07, 6.45) is 4.17. The van der Waals surface area contributed by atoms with E-state index >= 15 is 0 Å². The highest BCUT2D eigenvalue weighted by Gasteiger charge is 2.35. The Morgan fingerprint density at radius 3 is 2.77 bits per heavy atom. The smallest absolute Gasteiger partial charge is 0.222 e. The Kier molecular flexibility index (Phi) is 4.01. The quantitative estimate of drug-likeness (QED) is 0.943. The number of aromatic nitrogens is 2. The minimum absolute atomic E-state index is 0.0499. The Labute approximate surface area is 131 Å². The number of likely N-dealkylation sites (tertiary alicyclic amines) is 1. The summed E-state index contributed by atoms with van der Waals surface area (Å²) in [5, 5.41) is 0. The maximum atomic E-state index is 12.2. The van der Waals surface area contributed by atoms with Crippen LogP contribution in [0.5, 0.6) is 0 Å². The predicted octanol–water partition coefficient (Wildman–Crippen LogP) is 2.84. The molecule has 116 valence electrons. The summed E-state index contributed by atoms with van der Waals surface area (Å²) in [5.41, 5.74) is 2.43. The second-order valence-electron chi connectivity index (χ2n) is 6.50. The first-order valence-corrected chi connectivity index (χ1v) is 7.91. The van der Waals surface area contributed by atoms with Crippen molar-refractivity contribution in [3.8, 4) is 0 Å². The molecule has 4 heteroatoms. The van der Waals surface area contributed by atoms with E-state index in [0.29, 0.717) is 6.42 Å². The highest BCUT2D eigenvalue weighted by atomic mass is 16.2. The number of rotatable bonds is 4. The van der Waals surface area contributed by atoms with Gasteiger partial charge in [0.15, 0.2) is 0 Å². The Balaban J connectivity index is 1.69. The molecule has 2 aromatic rings. The molecule has 0 radical (unpaired) electrons. The number of nitrogens with one attached hydrogen (secondary N) is 1. The average molecular weight is 297 g/mol. The van der Waals surface area contributed by atoms with Crippen molar-refractivity contribution in [2.45, 2.75) is 38.5 Å². The van der Waals surface area contributed by atoms with E-state index in [4.69, 9.17) is 0 Å². The third-order valence-corrected chi connectivity index (χ3v) is 4.63. The van der Waals surface area contributed by atoms with Gasteiger partial charge in [-0.05, 0) is 18.9 Å². The van der Waals surface area contributed by atoms with Gasteiger partial charge in [0.1, 0.15) is 5.82 Å². The zero-order valence-corrected chi connectivity index (χ0v) is 13.3. The van der Waals surface area contributed by atoms with Crippen LogP contribution >= 0.6 is 0 Å². The van der Waals surface area contributed by atoms with Crippen LogP contribution < -0.4 is 0 Å². The van der Waals surface area contributed by atoms with Crippen LogP contribution in [0.3, 0.4) is 0 Å². The van der Waals surface area contributed by atoms with Crippen molar-refractivity contribution in [1.82, 2.24) is 14.9 Å². The van der Waals surface area contributed by atoms with Crippen LogP contribution in [-0.2, 0) is 16.6 Å². The molecular weight excluding hydrogens is 274 g/mol. The molecule has 1 aliphatic rings. The zero-order chi connectivity index (χ0) is 15.6. The molecule has 1 aromatic heterocycles. The molecule has 1 aromatic carbocycles. The first-order valence-electron chi connectivity index (χ1n) is 7.91. The van der Waals surface area contributed by atoms with E-state index in [9.17, 15) is 4.79 Å². The van der Waals surface area contributed by atoms with E-state index in [1.807, 2.05) is 24.1 Å². The lowest BCUT2D eigenvalue weighted by Gasteiger charge is -2.40. The number of piperidine rings is 1. The van der Waals surface area contributed by atoms with Gasteiger partial charge >= 0.3 is 0 Å². The van der Waals surface area contributed by atoms with Gasteiger partial charge in [0.2, 0.25) is 5.91 Å². The summed E-state index contributed by atoms with van der Waals surface area (Å²) in [6.45, 7) is 5.78. The van der Waals surface area contributed by atoms with Gasteiger partial charge < -0.3 is 9.88 Å². The first-order chi connectivity index (χ1) is 10.6. The van der Waals surface area contributed by atoms with Gasteiger partial charge in [-0.15, -0.1) is 0 Å². The standard InChI is InChI=1S/C18H23N3O/c1-14-12-19-16(20-14)9-11-21-13-18(2,10-8-17(21)22)15-6-4-3-5-7-15/h3-7,12H,8-11,13H2,1-2H3,(H,19,20)/t18-/m0/s1. The van der Waals surface area contributed by atoms with Crippen LogP contribution in [0.15, 0.2) is 36.5 Å². The van der Waals surface area contributed by atoms with Crippen LogP contribution in [0.4, 0.5) is 0 Å². The summed E-state index contributed by atoms with van der Waals surface area (Å²) >= 11 is 0. The molecule has 0 aliphatic carbocycles. The van der Waals surface area contributed by atoms with Gasteiger partial charge in [0.05, 0.1) is 0 Å². The molecule has 1 N–H and O–H groups in total. The lowest BCUT2D eigenvalue weighted by molar-refractivity contribution is -0.135. The van der Waals surface area contributed by atoms with Crippen molar-refractivity contribution < 1.29 is 4.79 Å². The average Bonchev–Trinajstić information content (AvgIpc) is 2.95. The number of aromatic amines is 1. The molecule has 2 heterocycles. The topological polar surface area (TPSA) is 49.0 Å². The molecular formula is C18H23N3O. The normalized spacial score (nSPS) is 22.1. The van der Waals surface area contributed by atoms with Gasteiger partial charge in [-0.2, -0.15) is 0 Å². The summed E-state index contributed by atoms with van der Waals surface area (Å²) in [7, 11) is 0. The van der Waals surface area contributed by atoms with Crippen molar-refractivity contribution in [2.75, 3.05) is 13.1 Å². The molecule has 0 bridgehead atoms. The second-order valence-corrected chi connectivity index (χ2v) is 6.50. The highest BCUT2D eigenvalue weighted by Crippen LogP contribution is 2.34. The maximum absolute atomic E-state index is 12.2. The minimum atomic E-state index is 0.0499. The highest BCUT2D eigenvalue weighted by molar-refractivity contribution is 5.77. The van der Waals surface area contributed by atoms with Gasteiger partial charge in [0.25, 0.3) is 0 Å². The number of aryl methyl sites for hydroxylation is 1. The lowest BCUT2D eigenvalue weighted by Crippen LogP contribution is -2.48. The molecule has 0 spiro atoms. The van der Waals surface area contributed by atoms with Crippen molar-refractivity contribution in [1.29, 1.82) is 0 Å². The fourth-order valence-electron chi connectivity index (χ4n) is 3.24. The number of hydrogen-bond acceptors (Lipinski definition) is 2. The van der Waals surface area contributed by atoms with Crippen LogP contribution in [0.2, 0.25) is 0 Å². The fourth-order valence-corrected chi connectivity index (χ4v) is 3.24. The monoisotopic (exact) mass is 297 g/mol.